The normalized spacial score (nSPS) is 12.0. The minimum atomic E-state index is -4.26. The molecule has 1 N–H and O–H groups in total. The van der Waals surface area contributed by atoms with Gasteiger partial charge in [-0.3, -0.25) is 13.9 Å². The molecular formula is C32H41N3O6S. The van der Waals surface area contributed by atoms with Gasteiger partial charge in [0.2, 0.25) is 11.8 Å². The Labute approximate surface area is 249 Å². The minimum Gasteiger partial charge on any atom is -0.497 e. The maximum Gasteiger partial charge on any atom is 0.264 e. The highest BCUT2D eigenvalue weighted by atomic mass is 32.2. The fourth-order valence-electron chi connectivity index (χ4n) is 4.35. The highest BCUT2D eigenvalue weighted by Crippen LogP contribution is 2.36. The maximum atomic E-state index is 14.2. The fraction of sp³-hybridized carbons (Fsp3) is 0.375. The lowest BCUT2D eigenvalue weighted by molar-refractivity contribution is -0.139. The summed E-state index contributed by atoms with van der Waals surface area (Å²) < 4.78 is 40.2. The average Bonchev–Trinajstić information content (AvgIpc) is 2.97. The van der Waals surface area contributed by atoms with E-state index < -0.39 is 28.5 Å². The molecule has 42 heavy (non-hydrogen) atoms. The van der Waals surface area contributed by atoms with Crippen LogP contribution in [0.3, 0.4) is 0 Å². The van der Waals surface area contributed by atoms with Crippen molar-refractivity contribution in [3.63, 3.8) is 0 Å². The smallest absolute Gasteiger partial charge is 0.264 e. The van der Waals surface area contributed by atoms with Crippen LogP contribution in [0, 0.1) is 19.8 Å². The second-order valence-corrected chi connectivity index (χ2v) is 12.5. The number of anilines is 1. The van der Waals surface area contributed by atoms with Crippen LogP contribution in [0.1, 0.15) is 37.5 Å². The van der Waals surface area contributed by atoms with Gasteiger partial charge in [-0.2, -0.15) is 0 Å². The van der Waals surface area contributed by atoms with Gasteiger partial charge in [-0.25, -0.2) is 8.42 Å². The Morgan fingerprint density at radius 2 is 1.57 bits per heavy atom. The van der Waals surface area contributed by atoms with Gasteiger partial charge in [0.25, 0.3) is 10.0 Å². The van der Waals surface area contributed by atoms with Crippen molar-refractivity contribution in [2.75, 3.05) is 31.6 Å². The lowest BCUT2D eigenvalue weighted by atomic mass is 10.1. The molecule has 0 aromatic heterocycles. The predicted molar refractivity (Wildman–Crippen MR) is 164 cm³/mol. The fourth-order valence-corrected chi connectivity index (χ4v) is 5.77. The van der Waals surface area contributed by atoms with Crippen LogP contribution in [0.25, 0.3) is 0 Å². The van der Waals surface area contributed by atoms with E-state index in [1.54, 1.807) is 31.2 Å². The summed E-state index contributed by atoms with van der Waals surface area (Å²) >= 11 is 0. The third kappa shape index (κ3) is 7.82. The van der Waals surface area contributed by atoms with Crippen LogP contribution in [0.15, 0.2) is 71.6 Å². The molecule has 3 rings (SSSR count). The van der Waals surface area contributed by atoms with Crippen LogP contribution >= 0.6 is 0 Å². The molecule has 0 heterocycles. The number of nitrogens with one attached hydrogen (secondary N) is 1. The Kier molecular flexibility index (Phi) is 11.0. The van der Waals surface area contributed by atoms with Gasteiger partial charge in [-0.05, 0) is 62.1 Å². The number of aryl methyl sites for hydroxylation is 2. The number of amides is 2. The monoisotopic (exact) mass is 595 g/mol. The first-order valence-corrected chi connectivity index (χ1v) is 15.3. The van der Waals surface area contributed by atoms with Gasteiger partial charge in [-0.15, -0.1) is 0 Å². The van der Waals surface area contributed by atoms with E-state index in [0.29, 0.717) is 12.3 Å². The van der Waals surface area contributed by atoms with Crippen LogP contribution in [0.2, 0.25) is 0 Å². The number of sulfonamides is 1. The van der Waals surface area contributed by atoms with Crippen LogP contribution in [0.4, 0.5) is 5.69 Å². The average molecular weight is 596 g/mol. The van der Waals surface area contributed by atoms with E-state index in [1.165, 1.54) is 37.3 Å². The number of benzene rings is 3. The SMILES string of the molecule is COc1ccc(OC)c(N(CC(=O)N(Cc2ccccc2C)[C@H](C)C(=O)NCC(C)C)S(=O)(=O)c2ccc(C)cc2)c1. The first-order valence-electron chi connectivity index (χ1n) is 13.8. The summed E-state index contributed by atoms with van der Waals surface area (Å²) in [5, 5.41) is 2.90. The van der Waals surface area contributed by atoms with Crippen molar-refractivity contribution in [2.45, 2.75) is 52.1 Å². The molecule has 0 saturated heterocycles. The Bertz CT molecular complexity index is 1490. The van der Waals surface area contributed by atoms with Gasteiger partial charge in [0.15, 0.2) is 0 Å². The number of hydrogen-bond donors (Lipinski definition) is 1. The summed E-state index contributed by atoms with van der Waals surface area (Å²) in [5.74, 6) is -0.0195. The summed E-state index contributed by atoms with van der Waals surface area (Å²) in [6.45, 7) is 9.39. The van der Waals surface area contributed by atoms with Crippen molar-refractivity contribution in [3.8, 4) is 11.5 Å². The largest absolute Gasteiger partial charge is 0.497 e. The number of nitrogens with zero attached hydrogens (tertiary/aromatic N) is 2. The van der Waals surface area contributed by atoms with Crippen LogP contribution in [-0.2, 0) is 26.2 Å². The molecule has 2 amide bonds. The number of rotatable bonds is 13. The summed E-state index contributed by atoms with van der Waals surface area (Å²) in [5.41, 5.74) is 2.82. The van der Waals surface area contributed by atoms with E-state index in [4.69, 9.17) is 9.47 Å². The predicted octanol–water partition coefficient (Wildman–Crippen LogP) is 4.71. The molecule has 0 aliphatic heterocycles. The molecule has 0 bridgehead atoms. The lowest BCUT2D eigenvalue weighted by Gasteiger charge is -2.33. The zero-order valence-electron chi connectivity index (χ0n) is 25.4. The summed E-state index contributed by atoms with van der Waals surface area (Å²) in [4.78, 5) is 28.8. The molecule has 0 spiro atoms. The minimum absolute atomic E-state index is 0.0129. The zero-order valence-corrected chi connectivity index (χ0v) is 26.2. The summed E-state index contributed by atoms with van der Waals surface area (Å²) in [6.07, 6.45) is 0. The number of carbonyl (C=O) groups is 2. The Morgan fingerprint density at radius 1 is 0.905 bits per heavy atom. The van der Waals surface area contributed by atoms with Crippen molar-refractivity contribution < 1.29 is 27.5 Å². The van der Waals surface area contributed by atoms with E-state index in [0.717, 1.165) is 21.0 Å². The van der Waals surface area contributed by atoms with Crippen molar-refractivity contribution >= 4 is 27.5 Å². The lowest BCUT2D eigenvalue weighted by Crippen LogP contribution is -2.51. The van der Waals surface area contributed by atoms with E-state index in [9.17, 15) is 18.0 Å². The van der Waals surface area contributed by atoms with Crippen molar-refractivity contribution in [1.82, 2.24) is 10.2 Å². The van der Waals surface area contributed by atoms with Crippen LogP contribution in [-0.4, -0.2) is 58.5 Å². The maximum absolute atomic E-state index is 14.2. The highest BCUT2D eigenvalue weighted by molar-refractivity contribution is 7.92. The highest BCUT2D eigenvalue weighted by Gasteiger charge is 2.34. The molecule has 0 unspecified atom stereocenters. The van der Waals surface area contributed by atoms with Crippen LogP contribution in [0.5, 0.6) is 11.5 Å². The molecule has 0 saturated carbocycles. The summed E-state index contributed by atoms with van der Waals surface area (Å²) in [6, 6.07) is 17.9. The molecule has 0 aliphatic rings. The van der Waals surface area contributed by atoms with E-state index in [1.807, 2.05) is 52.0 Å². The third-order valence-electron chi connectivity index (χ3n) is 7.00. The standard InChI is InChI=1S/C32H41N3O6S/c1-22(2)19-33-32(37)25(5)34(20-26-11-9-8-10-24(26)4)31(36)21-35(29-18-27(40-6)14-17-30(29)41-7)42(38,39)28-15-12-23(3)13-16-28/h8-18,22,25H,19-21H2,1-7H3,(H,33,37)/t25-/m1/s1. The van der Waals surface area contributed by atoms with E-state index in [-0.39, 0.29) is 34.7 Å². The van der Waals surface area contributed by atoms with Gasteiger partial charge in [0.05, 0.1) is 24.8 Å². The molecule has 226 valence electrons. The van der Waals surface area contributed by atoms with Gasteiger partial charge in [0, 0.05) is 19.2 Å². The molecule has 3 aromatic rings. The van der Waals surface area contributed by atoms with Gasteiger partial charge in [-0.1, -0.05) is 55.8 Å². The topological polar surface area (TPSA) is 105 Å². The van der Waals surface area contributed by atoms with E-state index in [2.05, 4.69) is 5.32 Å². The molecule has 10 heteroatoms. The molecule has 9 nitrogen and oxygen atoms in total. The molecule has 1 atom stereocenters. The quantitative estimate of drug-likeness (QED) is 0.307. The second kappa shape index (κ2) is 14.2. The first-order chi connectivity index (χ1) is 19.9. The number of methoxy groups -OCH3 is 2. The molecule has 0 aliphatic carbocycles. The Morgan fingerprint density at radius 3 is 2.17 bits per heavy atom. The zero-order chi connectivity index (χ0) is 31.0. The van der Waals surface area contributed by atoms with Gasteiger partial charge in [0.1, 0.15) is 24.1 Å². The van der Waals surface area contributed by atoms with Gasteiger partial charge >= 0.3 is 0 Å². The molecule has 0 radical (unpaired) electrons. The first kappa shape index (κ1) is 32.5. The summed E-state index contributed by atoms with van der Waals surface area (Å²) in [7, 11) is -1.36. The number of hydrogen-bond acceptors (Lipinski definition) is 6. The number of carbonyl (C=O) groups excluding carboxylic acids is 2. The number of ether oxygens (including phenoxy) is 2. The van der Waals surface area contributed by atoms with Gasteiger partial charge < -0.3 is 19.7 Å². The van der Waals surface area contributed by atoms with Crippen molar-refractivity contribution in [2.24, 2.45) is 5.92 Å². The Hall–Kier alpha value is -4.05. The molecule has 0 fully saturated rings. The molecular weight excluding hydrogens is 554 g/mol. The van der Waals surface area contributed by atoms with Crippen molar-refractivity contribution in [1.29, 1.82) is 0 Å². The third-order valence-corrected chi connectivity index (χ3v) is 8.77. The molecule has 3 aromatic carbocycles. The Balaban J connectivity index is 2.12. The van der Waals surface area contributed by atoms with Crippen LogP contribution < -0.4 is 19.1 Å². The van der Waals surface area contributed by atoms with E-state index >= 15 is 0 Å². The second-order valence-electron chi connectivity index (χ2n) is 10.6. The van der Waals surface area contributed by atoms with Crippen molar-refractivity contribution in [3.05, 3.63) is 83.4 Å².